The molecule has 0 bridgehead atoms. The van der Waals surface area contributed by atoms with Crippen LogP contribution in [0.25, 0.3) is 6.08 Å². The van der Waals surface area contributed by atoms with Gasteiger partial charge in [-0.05, 0) is 42.3 Å². The van der Waals surface area contributed by atoms with Gasteiger partial charge in [-0.1, -0.05) is 31.5 Å². The van der Waals surface area contributed by atoms with E-state index in [2.05, 4.69) is 17.8 Å². The fourth-order valence-electron chi connectivity index (χ4n) is 2.80. The van der Waals surface area contributed by atoms with Crippen molar-refractivity contribution in [3.63, 3.8) is 0 Å². The Morgan fingerprint density at radius 2 is 1.94 bits per heavy atom. The van der Waals surface area contributed by atoms with Crippen molar-refractivity contribution in [1.82, 2.24) is 10.9 Å². The van der Waals surface area contributed by atoms with Crippen LogP contribution < -0.4 is 29.8 Å². The monoisotopic (exact) mass is 426 g/mol. The van der Waals surface area contributed by atoms with Gasteiger partial charge in [-0.25, -0.2) is 0 Å². The molecule has 2 amide bonds. The van der Waals surface area contributed by atoms with Crippen molar-refractivity contribution < 1.29 is 28.5 Å². The summed E-state index contributed by atoms with van der Waals surface area (Å²) in [5, 5.41) is 0. The van der Waals surface area contributed by atoms with E-state index in [-0.39, 0.29) is 6.61 Å². The Morgan fingerprint density at radius 1 is 1.13 bits per heavy atom. The maximum Gasteiger partial charge on any atom is 0.283 e. The topological polar surface area (TPSA) is 95.1 Å². The molecule has 0 aliphatic carbocycles. The molecule has 164 valence electrons. The lowest BCUT2D eigenvalue weighted by Crippen LogP contribution is -2.50. The van der Waals surface area contributed by atoms with Gasteiger partial charge in [-0.2, -0.15) is 0 Å². The summed E-state index contributed by atoms with van der Waals surface area (Å²) in [6.45, 7) is 2.77. The highest BCUT2D eigenvalue weighted by Crippen LogP contribution is 2.31. The standard InChI is InChI=1S/C23H26N2O6/c1-3-4-13-29-18-11-9-16(14-20(18)28-2)10-12-22(26)24-25-23(27)21-15-30-17-7-5-6-8-19(17)31-21/h5-12,14,21H,3-4,13,15H2,1-2H3,(H,24,26)(H,25,27)/b12-10+. The van der Waals surface area contributed by atoms with Crippen LogP contribution in [0.4, 0.5) is 0 Å². The van der Waals surface area contributed by atoms with Crippen LogP contribution in [0.5, 0.6) is 23.0 Å². The van der Waals surface area contributed by atoms with E-state index >= 15 is 0 Å². The minimum Gasteiger partial charge on any atom is -0.493 e. The van der Waals surface area contributed by atoms with Gasteiger partial charge in [0.15, 0.2) is 23.0 Å². The number of nitrogens with one attached hydrogen (secondary N) is 2. The van der Waals surface area contributed by atoms with E-state index in [4.69, 9.17) is 18.9 Å². The van der Waals surface area contributed by atoms with Crippen molar-refractivity contribution in [3.05, 3.63) is 54.1 Å². The number of hydrogen-bond donors (Lipinski definition) is 2. The molecular formula is C23H26N2O6. The Hall–Kier alpha value is -3.68. The first-order valence-electron chi connectivity index (χ1n) is 10.1. The van der Waals surface area contributed by atoms with Crippen molar-refractivity contribution in [2.24, 2.45) is 0 Å². The maximum absolute atomic E-state index is 12.2. The van der Waals surface area contributed by atoms with Crippen molar-refractivity contribution in [1.29, 1.82) is 0 Å². The van der Waals surface area contributed by atoms with Gasteiger partial charge in [0.25, 0.3) is 11.8 Å². The number of ether oxygens (including phenoxy) is 4. The molecule has 2 aromatic rings. The quantitative estimate of drug-likeness (QED) is 0.383. The number of hydrazine groups is 1. The summed E-state index contributed by atoms with van der Waals surface area (Å²) in [5.41, 5.74) is 5.42. The predicted molar refractivity (Wildman–Crippen MR) is 115 cm³/mol. The Balaban J connectivity index is 1.49. The Morgan fingerprint density at radius 3 is 2.71 bits per heavy atom. The zero-order chi connectivity index (χ0) is 22.1. The van der Waals surface area contributed by atoms with Crippen molar-refractivity contribution >= 4 is 17.9 Å². The molecule has 3 rings (SSSR count). The molecule has 31 heavy (non-hydrogen) atoms. The highest BCUT2D eigenvalue weighted by Gasteiger charge is 2.27. The number of methoxy groups -OCH3 is 1. The van der Waals surface area contributed by atoms with Crippen LogP contribution in [0.15, 0.2) is 48.5 Å². The van der Waals surface area contributed by atoms with Gasteiger partial charge in [0.05, 0.1) is 13.7 Å². The van der Waals surface area contributed by atoms with E-state index in [9.17, 15) is 9.59 Å². The van der Waals surface area contributed by atoms with Crippen molar-refractivity contribution in [2.45, 2.75) is 25.9 Å². The minimum absolute atomic E-state index is 0.0566. The molecule has 0 saturated heterocycles. The number of benzene rings is 2. The van der Waals surface area contributed by atoms with Gasteiger partial charge in [0.1, 0.15) is 6.61 Å². The van der Waals surface area contributed by atoms with E-state index in [1.165, 1.54) is 6.08 Å². The number of carbonyl (C=O) groups excluding carboxylic acids is 2. The third-order valence-electron chi connectivity index (χ3n) is 4.48. The molecule has 0 spiro atoms. The normalized spacial score (nSPS) is 14.7. The Bertz CT molecular complexity index is 943. The molecule has 2 N–H and O–H groups in total. The van der Waals surface area contributed by atoms with Crippen molar-refractivity contribution in [3.8, 4) is 23.0 Å². The first kappa shape index (κ1) is 22.0. The summed E-state index contributed by atoms with van der Waals surface area (Å²) < 4.78 is 22.1. The molecule has 0 radical (unpaired) electrons. The summed E-state index contributed by atoms with van der Waals surface area (Å²) in [6, 6.07) is 12.5. The zero-order valence-electron chi connectivity index (χ0n) is 17.6. The molecule has 0 fully saturated rings. The third-order valence-corrected chi connectivity index (χ3v) is 4.48. The number of unbranched alkanes of at least 4 members (excludes halogenated alkanes) is 1. The van der Waals surface area contributed by atoms with E-state index in [0.717, 1.165) is 18.4 Å². The molecular weight excluding hydrogens is 400 g/mol. The van der Waals surface area contributed by atoms with Gasteiger partial charge < -0.3 is 18.9 Å². The molecule has 0 saturated carbocycles. The molecule has 1 unspecified atom stereocenters. The summed E-state index contributed by atoms with van der Waals surface area (Å²) in [4.78, 5) is 24.3. The fraction of sp³-hybridized carbons (Fsp3) is 0.304. The minimum atomic E-state index is -0.858. The molecule has 1 aliphatic heterocycles. The molecule has 8 nitrogen and oxygen atoms in total. The largest absolute Gasteiger partial charge is 0.493 e. The Kier molecular flexibility index (Phi) is 7.75. The molecule has 2 aromatic carbocycles. The molecule has 8 heteroatoms. The first-order valence-corrected chi connectivity index (χ1v) is 10.1. The van der Waals surface area contributed by atoms with E-state index in [1.807, 2.05) is 12.1 Å². The van der Waals surface area contributed by atoms with Gasteiger partial charge in [-0.15, -0.1) is 0 Å². The van der Waals surface area contributed by atoms with Crippen LogP contribution in [-0.2, 0) is 9.59 Å². The summed E-state index contributed by atoms with van der Waals surface area (Å²) in [7, 11) is 1.56. The SMILES string of the molecule is CCCCOc1ccc(/C=C/C(=O)NNC(=O)C2COc3ccccc3O2)cc1OC. The summed E-state index contributed by atoms with van der Waals surface area (Å²) >= 11 is 0. The van der Waals surface area contributed by atoms with Crippen LogP contribution in [0.2, 0.25) is 0 Å². The highest BCUT2D eigenvalue weighted by atomic mass is 16.6. The lowest BCUT2D eigenvalue weighted by molar-refractivity contribution is -0.134. The second kappa shape index (κ2) is 10.9. The number of carbonyl (C=O) groups is 2. The number of para-hydroxylation sites is 2. The number of hydrogen-bond acceptors (Lipinski definition) is 6. The van der Waals surface area contributed by atoms with Gasteiger partial charge in [0.2, 0.25) is 6.10 Å². The average molecular weight is 426 g/mol. The Labute approximate surface area is 181 Å². The van der Waals surface area contributed by atoms with Crippen LogP contribution in [0.1, 0.15) is 25.3 Å². The molecule has 1 heterocycles. The predicted octanol–water partition coefficient (Wildman–Crippen LogP) is 2.87. The molecule has 1 atom stereocenters. The van der Waals surface area contributed by atoms with Gasteiger partial charge in [-0.3, -0.25) is 20.4 Å². The lowest BCUT2D eigenvalue weighted by atomic mass is 10.2. The number of amides is 2. The second-order valence-corrected chi connectivity index (χ2v) is 6.79. The first-order chi connectivity index (χ1) is 15.1. The smallest absolute Gasteiger partial charge is 0.283 e. The van der Waals surface area contributed by atoms with Crippen molar-refractivity contribution in [2.75, 3.05) is 20.3 Å². The average Bonchev–Trinajstić information content (AvgIpc) is 2.81. The fourth-order valence-corrected chi connectivity index (χ4v) is 2.80. The zero-order valence-corrected chi connectivity index (χ0v) is 17.6. The number of rotatable bonds is 8. The van der Waals surface area contributed by atoms with Crippen LogP contribution in [-0.4, -0.2) is 38.2 Å². The van der Waals surface area contributed by atoms with Crippen LogP contribution in [0, 0.1) is 0 Å². The summed E-state index contributed by atoms with van der Waals surface area (Å²) in [6.07, 6.45) is 4.06. The van der Waals surface area contributed by atoms with E-state index in [0.29, 0.717) is 29.6 Å². The van der Waals surface area contributed by atoms with Gasteiger partial charge in [0, 0.05) is 6.08 Å². The highest BCUT2D eigenvalue weighted by molar-refractivity contribution is 5.93. The molecule has 0 aromatic heterocycles. The van der Waals surface area contributed by atoms with Gasteiger partial charge >= 0.3 is 0 Å². The van der Waals surface area contributed by atoms with Crippen LogP contribution in [0.3, 0.4) is 0 Å². The maximum atomic E-state index is 12.2. The van der Waals surface area contributed by atoms with Crippen LogP contribution >= 0.6 is 0 Å². The van der Waals surface area contributed by atoms with E-state index in [1.54, 1.807) is 43.5 Å². The molecule has 1 aliphatic rings. The van der Waals surface area contributed by atoms with E-state index < -0.39 is 17.9 Å². The number of fused-ring (bicyclic) bond motifs is 1. The second-order valence-electron chi connectivity index (χ2n) is 6.79. The lowest BCUT2D eigenvalue weighted by Gasteiger charge is -2.25. The third kappa shape index (κ3) is 6.15. The summed E-state index contributed by atoms with van der Waals surface area (Å²) in [5.74, 6) is 1.30.